The zero-order valence-electron chi connectivity index (χ0n) is 12.9. The minimum absolute atomic E-state index is 0.172. The van der Waals surface area contributed by atoms with Crippen molar-refractivity contribution in [2.45, 2.75) is 33.7 Å². The van der Waals surface area contributed by atoms with Crippen LogP contribution >= 0.6 is 0 Å². The number of hydrogen-bond donors (Lipinski definition) is 0. The number of ether oxygens (including phenoxy) is 1. The molecule has 0 radical (unpaired) electrons. The number of likely N-dealkylation sites (N-methyl/N-ethyl adjacent to an activating group) is 1. The number of carbonyl (C=O) groups is 1. The first kappa shape index (κ1) is 15.9. The second-order valence-electron chi connectivity index (χ2n) is 5.39. The van der Waals surface area contributed by atoms with Crippen LogP contribution in [0.4, 0.5) is 0 Å². The van der Waals surface area contributed by atoms with Crippen molar-refractivity contribution in [2.75, 3.05) is 27.3 Å². The van der Waals surface area contributed by atoms with Crippen molar-refractivity contribution < 1.29 is 9.53 Å². The van der Waals surface area contributed by atoms with Gasteiger partial charge in [0.2, 0.25) is 0 Å². The van der Waals surface area contributed by atoms with E-state index in [0.717, 1.165) is 11.1 Å². The quantitative estimate of drug-likeness (QED) is 0.739. The zero-order chi connectivity index (χ0) is 14.6. The van der Waals surface area contributed by atoms with Gasteiger partial charge in [-0.2, -0.15) is 0 Å². The van der Waals surface area contributed by atoms with Crippen LogP contribution in [0.25, 0.3) is 0 Å². The number of nitrogens with zero attached hydrogens (tertiary/aromatic N) is 1. The molecular weight excluding hydrogens is 238 g/mol. The summed E-state index contributed by atoms with van der Waals surface area (Å²) in [5, 5.41) is 0. The first-order valence-electron chi connectivity index (χ1n) is 6.67. The van der Waals surface area contributed by atoms with Crippen LogP contribution in [-0.2, 0) is 4.74 Å². The lowest BCUT2D eigenvalue weighted by Crippen LogP contribution is -2.36. The number of Topliss-reactive ketones (excluding diaryl/α,β-unsaturated/α-hetero) is 1. The predicted octanol–water partition coefficient (Wildman–Crippen LogP) is 2.76. The second-order valence-corrected chi connectivity index (χ2v) is 5.39. The number of methoxy groups -OCH3 is 1. The SMILES string of the molecule is COCC(C)N(C)CC(=O)c1cc(C)c(C)cc1C. The van der Waals surface area contributed by atoms with Crippen molar-refractivity contribution in [3.63, 3.8) is 0 Å². The summed E-state index contributed by atoms with van der Waals surface area (Å²) in [5.41, 5.74) is 4.29. The van der Waals surface area contributed by atoms with Gasteiger partial charge >= 0.3 is 0 Å². The molecule has 106 valence electrons. The summed E-state index contributed by atoms with van der Waals surface area (Å²) in [6.07, 6.45) is 0. The van der Waals surface area contributed by atoms with Gasteiger partial charge in [0.15, 0.2) is 5.78 Å². The van der Waals surface area contributed by atoms with Crippen LogP contribution in [0.15, 0.2) is 12.1 Å². The van der Waals surface area contributed by atoms with Crippen molar-refractivity contribution in [2.24, 2.45) is 0 Å². The number of aryl methyl sites for hydroxylation is 3. The number of carbonyl (C=O) groups excluding carboxylic acids is 1. The van der Waals surface area contributed by atoms with E-state index in [9.17, 15) is 4.79 Å². The lowest BCUT2D eigenvalue weighted by atomic mass is 9.98. The molecule has 19 heavy (non-hydrogen) atoms. The Balaban J connectivity index is 2.81. The molecule has 0 N–H and O–H groups in total. The van der Waals surface area contributed by atoms with E-state index in [-0.39, 0.29) is 11.8 Å². The van der Waals surface area contributed by atoms with Gasteiger partial charge in [0, 0.05) is 18.7 Å². The first-order valence-corrected chi connectivity index (χ1v) is 6.67. The summed E-state index contributed by atoms with van der Waals surface area (Å²) in [6.45, 7) is 9.23. The maximum absolute atomic E-state index is 12.4. The standard InChI is InChI=1S/C16H25NO2/c1-11-7-13(3)15(8-12(11)2)16(18)9-17(5)14(4)10-19-6/h7-8,14H,9-10H2,1-6H3. The molecule has 0 amide bonds. The van der Waals surface area contributed by atoms with Crippen LogP contribution in [0.3, 0.4) is 0 Å². The summed E-state index contributed by atoms with van der Waals surface area (Å²) in [7, 11) is 3.64. The van der Waals surface area contributed by atoms with E-state index >= 15 is 0 Å². The highest BCUT2D eigenvalue weighted by atomic mass is 16.5. The fourth-order valence-corrected chi connectivity index (χ4v) is 2.10. The summed E-state index contributed by atoms with van der Waals surface area (Å²) in [5.74, 6) is 0.172. The Labute approximate surface area is 116 Å². The van der Waals surface area contributed by atoms with Gasteiger partial charge in [0.1, 0.15) is 0 Å². The third kappa shape index (κ3) is 4.15. The maximum Gasteiger partial charge on any atom is 0.177 e. The summed E-state index contributed by atoms with van der Waals surface area (Å²) >= 11 is 0. The summed E-state index contributed by atoms with van der Waals surface area (Å²) < 4.78 is 5.12. The van der Waals surface area contributed by atoms with E-state index in [1.54, 1.807) is 7.11 Å². The van der Waals surface area contributed by atoms with Crippen molar-refractivity contribution in [3.05, 3.63) is 34.4 Å². The molecule has 0 bridgehead atoms. The highest BCUT2D eigenvalue weighted by Gasteiger charge is 2.16. The van der Waals surface area contributed by atoms with Crippen molar-refractivity contribution in [1.29, 1.82) is 0 Å². The molecule has 3 nitrogen and oxygen atoms in total. The van der Waals surface area contributed by atoms with Crippen molar-refractivity contribution in [3.8, 4) is 0 Å². The summed E-state index contributed by atoms with van der Waals surface area (Å²) in [4.78, 5) is 14.4. The fourth-order valence-electron chi connectivity index (χ4n) is 2.10. The highest BCUT2D eigenvalue weighted by Crippen LogP contribution is 2.16. The molecule has 1 rings (SSSR count). The van der Waals surface area contributed by atoms with Gasteiger partial charge in [-0.15, -0.1) is 0 Å². The Morgan fingerprint density at radius 3 is 2.37 bits per heavy atom. The summed E-state index contributed by atoms with van der Waals surface area (Å²) in [6, 6.07) is 4.32. The van der Waals surface area contributed by atoms with E-state index in [0.29, 0.717) is 13.2 Å². The highest BCUT2D eigenvalue weighted by molar-refractivity contribution is 5.99. The van der Waals surface area contributed by atoms with E-state index in [1.807, 2.05) is 31.9 Å². The molecule has 0 heterocycles. The molecule has 1 atom stereocenters. The van der Waals surface area contributed by atoms with Gasteiger partial charge in [-0.25, -0.2) is 0 Å². The average molecular weight is 263 g/mol. The van der Waals surface area contributed by atoms with Gasteiger partial charge in [0.05, 0.1) is 13.2 Å². The predicted molar refractivity (Wildman–Crippen MR) is 79.0 cm³/mol. The van der Waals surface area contributed by atoms with Crippen LogP contribution in [0.5, 0.6) is 0 Å². The number of rotatable bonds is 6. The normalized spacial score (nSPS) is 12.8. The van der Waals surface area contributed by atoms with E-state index in [1.165, 1.54) is 11.1 Å². The Morgan fingerprint density at radius 2 is 1.79 bits per heavy atom. The molecule has 1 aromatic rings. The van der Waals surface area contributed by atoms with Crippen LogP contribution in [0, 0.1) is 20.8 Å². The molecule has 0 saturated carbocycles. The first-order chi connectivity index (χ1) is 8.86. The molecule has 3 heteroatoms. The van der Waals surface area contributed by atoms with Crippen LogP contribution in [-0.4, -0.2) is 44.0 Å². The van der Waals surface area contributed by atoms with Crippen LogP contribution < -0.4 is 0 Å². The fraction of sp³-hybridized carbons (Fsp3) is 0.562. The molecule has 1 aromatic carbocycles. The van der Waals surface area contributed by atoms with Gasteiger partial charge < -0.3 is 4.74 Å². The third-order valence-electron chi connectivity index (χ3n) is 3.69. The van der Waals surface area contributed by atoms with E-state index < -0.39 is 0 Å². The Morgan fingerprint density at radius 1 is 1.21 bits per heavy atom. The molecule has 0 aromatic heterocycles. The van der Waals surface area contributed by atoms with E-state index in [4.69, 9.17) is 4.74 Å². The van der Waals surface area contributed by atoms with Gasteiger partial charge in [-0.1, -0.05) is 6.07 Å². The lowest BCUT2D eigenvalue weighted by molar-refractivity contribution is 0.0840. The zero-order valence-corrected chi connectivity index (χ0v) is 12.9. The van der Waals surface area contributed by atoms with Crippen LogP contribution in [0.1, 0.15) is 34.0 Å². The maximum atomic E-state index is 12.4. The van der Waals surface area contributed by atoms with Gasteiger partial charge in [0.25, 0.3) is 0 Å². The lowest BCUT2D eigenvalue weighted by Gasteiger charge is -2.23. The average Bonchev–Trinajstić information content (AvgIpc) is 2.33. The number of ketones is 1. The Kier molecular flexibility index (Phi) is 5.70. The Bertz CT molecular complexity index is 454. The van der Waals surface area contributed by atoms with Crippen LogP contribution in [0.2, 0.25) is 0 Å². The molecule has 0 fully saturated rings. The monoisotopic (exact) mass is 263 g/mol. The number of benzene rings is 1. The molecule has 0 aliphatic heterocycles. The molecule has 0 aliphatic rings. The second kappa shape index (κ2) is 6.83. The number of hydrogen-bond acceptors (Lipinski definition) is 3. The molecule has 0 saturated heterocycles. The van der Waals surface area contributed by atoms with Crippen molar-refractivity contribution in [1.82, 2.24) is 4.90 Å². The minimum Gasteiger partial charge on any atom is -0.383 e. The van der Waals surface area contributed by atoms with Gasteiger partial charge in [-0.05, 0) is 57.5 Å². The van der Waals surface area contributed by atoms with Crippen molar-refractivity contribution >= 4 is 5.78 Å². The molecule has 0 spiro atoms. The minimum atomic E-state index is 0.172. The topological polar surface area (TPSA) is 29.5 Å². The van der Waals surface area contributed by atoms with E-state index in [2.05, 4.69) is 19.9 Å². The Hall–Kier alpha value is -1.19. The largest absolute Gasteiger partial charge is 0.383 e. The van der Waals surface area contributed by atoms with Gasteiger partial charge in [-0.3, -0.25) is 9.69 Å². The third-order valence-corrected chi connectivity index (χ3v) is 3.69. The smallest absolute Gasteiger partial charge is 0.177 e. The molecular formula is C16H25NO2. The molecule has 0 aliphatic carbocycles. The molecule has 1 unspecified atom stereocenters.